The lowest BCUT2D eigenvalue weighted by molar-refractivity contribution is 0.373. The maximum absolute atomic E-state index is 2.37. The molecule has 1 aromatic heterocycles. The predicted molar refractivity (Wildman–Crippen MR) is 516 cm³/mol. The Morgan fingerprint density at radius 1 is 0.209 bits per heavy atom. The Morgan fingerprint density at radius 3 is 0.509 bits per heavy atom. The van der Waals surface area contributed by atoms with E-state index in [0.717, 1.165) is 52.2 Å². The van der Waals surface area contributed by atoms with E-state index >= 15 is 0 Å². The summed E-state index contributed by atoms with van der Waals surface area (Å²) in [5, 5.41) is 13.2. The fourth-order valence-electron chi connectivity index (χ4n) is 9.63. The zero-order valence-electron chi connectivity index (χ0n) is 76.6. The minimum absolute atomic E-state index is 1.02. The van der Waals surface area contributed by atoms with E-state index in [0.29, 0.717) is 0 Å². The van der Waals surface area contributed by atoms with Crippen LogP contribution in [0.15, 0.2) is 291 Å². The van der Waals surface area contributed by atoms with Gasteiger partial charge in [-0.15, -0.1) is 0 Å². The molecule has 0 atom stereocenters. The van der Waals surface area contributed by atoms with Crippen LogP contribution < -0.4 is 0 Å². The molecule has 608 valence electrons. The SMILES string of the molecule is CC.CC.CC.CC.CC.CC.CC.CC.CC.CCC.CCC.CCN(C)CC.CCN(C)CC.CCN(C)CC.CCn1c2ccccc2c2ccccc21.c1ccc2c(c1)Cc1ccccc1-2.c1ccc2ccccc2c1.c1ccc2ccccc2c1.c1ccc2ccccc2c1.c1ccc2ccccc2c1. The number of hydrogen-bond acceptors (Lipinski definition) is 3. The lowest BCUT2D eigenvalue weighted by Crippen LogP contribution is -2.15. The van der Waals surface area contributed by atoms with Crippen molar-refractivity contribution in [3.05, 3.63) is 302 Å². The summed E-state index contributed by atoms with van der Waals surface area (Å²) in [6.07, 6.45) is 3.60. The number of para-hydroxylation sites is 2. The van der Waals surface area contributed by atoms with E-state index in [1.807, 2.05) is 125 Å². The quantitative estimate of drug-likeness (QED) is 0.158. The average Bonchev–Trinajstić information content (AvgIpc) is 1.63. The molecule has 12 aromatic carbocycles. The molecule has 0 N–H and O–H groups in total. The van der Waals surface area contributed by atoms with Crippen LogP contribution in [-0.4, -0.2) is 79.7 Å². The molecular formula is C106H164N4. The minimum atomic E-state index is 1.02. The monoisotopic (exact) mass is 1490 g/mol. The normalized spacial score (nSPS) is 9.08. The smallest absolute Gasteiger partial charge is 0.0491 e. The molecule has 14 rings (SSSR count). The Balaban J connectivity index is -0.000000270. The molecule has 13 aromatic rings. The van der Waals surface area contributed by atoms with Crippen LogP contribution in [0.2, 0.25) is 0 Å². The molecule has 0 spiro atoms. The van der Waals surface area contributed by atoms with Crippen molar-refractivity contribution in [3.63, 3.8) is 0 Å². The van der Waals surface area contributed by atoms with Gasteiger partial charge in [0.2, 0.25) is 0 Å². The van der Waals surface area contributed by atoms with Crippen molar-refractivity contribution in [2.45, 2.75) is 227 Å². The molecule has 0 amide bonds. The average molecular weight is 1490 g/mol. The fraction of sp³-hybridized carbons (Fsp3) is 0.396. The second-order valence-electron chi connectivity index (χ2n) is 22.5. The van der Waals surface area contributed by atoms with Gasteiger partial charge in [-0.05, 0) is 151 Å². The van der Waals surface area contributed by atoms with Crippen LogP contribution in [0.5, 0.6) is 0 Å². The van der Waals surface area contributed by atoms with Gasteiger partial charge >= 0.3 is 0 Å². The molecule has 0 saturated carbocycles. The van der Waals surface area contributed by atoms with E-state index in [1.54, 1.807) is 0 Å². The predicted octanol–water partition coefficient (Wildman–Crippen LogP) is 33.4. The minimum Gasteiger partial charge on any atom is -0.341 e. The highest BCUT2D eigenvalue weighted by molar-refractivity contribution is 6.08. The van der Waals surface area contributed by atoms with Gasteiger partial charge in [-0.1, -0.05) is 486 Å². The van der Waals surface area contributed by atoms with E-state index < -0.39 is 0 Å². The largest absolute Gasteiger partial charge is 0.341 e. The van der Waals surface area contributed by atoms with Gasteiger partial charge in [0.05, 0.1) is 0 Å². The maximum atomic E-state index is 2.37. The van der Waals surface area contributed by atoms with Crippen LogP contribution in [0, 0.1) is 0 Å². The molecule has 0 saturated heterocycles. The van der Waals surface area contributed by atoms with Crippen molar-refractivity contribution in [1.29, 1.82) is 0 Å². The van der Waals surface area contributed by atoms with Gasteiger partial charge in [0.25, 0.3) is 0 Å². The van der Waals surface area contributed by atoms with Gasteiger partial charge in [-0.3, -0.25) is 0 Å². The number of fused-ring (bicyclic) bond motifs is 10. The van der Waals surface area contributed by atoms with E-state index in [2.05, 4.69) is 408 Å². The Bertz CT molecular complexity index is 3330. The summed E-state index contributed by atoms with van der Waals surface area (Å²) in [6.45, 7) is 67.6. The highest BCUT2D eigenvalue weighted by Gasteiger charge is 2.16. The van der Waals surface area contributed by atoms with Gasteiger partial charge < -0.3 is 19.3 Å². The fourth-order valence-corrected chi connectivity index (χ4v) is 9.63. The van der Waals surface area contributed by atoms with Crippen molar-refractivity contribution < 1.29 is 0 Å². The van der Waals surface area contributed by atoms with Crippen LogP contribution in [0.3, 0.4) is 0 Å². The number of hydrogen-bond donors (Lipinski definition) is 0. The third-order valence-corrected chi connectivity index (χ3v) is 15.6. The highest BCUT2D eigenvalue weighted by atomic mass is 15.1. The van der Waals surface area contributed by atoms with Crippen molar-refractivity contribution in [3.8, 4) is 11.1 Å². The van der Waals surface area contributed by atoms with Crippen LogP contribution >= 0.6 is 0 Å². The lowest BCUT2D eigenvalue weighted by atomic mass is 10.1. The first-order valence-corrected chi connectivity index (χ1v) is 42.9. The second kappa shape index (κ2) is 82.8. The highest BCUT2D eigenvalue weighted by Crippen LogP contribution is 2.36. The number of aryl methyl sites for hydroxylation is 1. The molecular weight excluding hydrogens is 1330 g/mol. The summed E-state index contributed by atoms with van der Waals surface area (Å²) in [4.78, 5) is 6.75. The Labute approximate surface area is 680 Å². The zero-order chi connectivity index (χ0) is 84.6. The third-order valence-electron chi connectivity index (χ3n) is 15.6. The number of benzene rings is 12. The Kier molecular flexibility index (Phi) is 84.6. The summed E-state index contributed by atoms with van der Waals surface area (Å²) in [6, 6.07) is 101. The van der Waals surface area contributed by atoms with E-state index in [-0.39, 0.29) is 0 Å². The molecule has 4 nitrogen and oxygen atoms in total. The molecule has 1 aliphatic carbocycles. The van der Waals surface area contributed by atoms with Crippen molar-refractivity contribution in [2.75, 3.05) is 60.4 Å². The number of rotatable bonds is 7. The molecule has 0 radical (unpaired) electrons. The topological polar surface area (TPSA) is 14.7 Å². The van der Waals surface area contributed by atoms with Gasteiger partial charge in [0, 0.05) is 28.4 Å². The summed E-state index contributed by atoms with van der Waals surface area (Å²) in [7, 11) is 6.33. The number of nitrogens with zero attached hydrogens (tertiary/aromatic N) is 4. The van der Waals surface area contributed by atoms with Gasteiger partial charge in [-0.2, -0.15) is 0 Å². The van der Waals surface area contributed by atoms with Crippen molar-refractivity contribution in [2.24, 2.45) is 0 Å². The molecule has 0 fully saturated rings. The standard InChI is InChI=1S/C14H13N.C13H10.4C10H8.3C5H13N.2C3H8.9C2H6/c1-2-15-13-9-5-3-7-11(13)12-8-4-6-10-14(12)15;1-3-7-12-10(5-1)9-11-6-2-4-8-13(11)12;4*1-2-6-10-8-4-3-7-9(10)5-1;3*1-4-6(3)5-2;2*1-3-2;9*1-2/h3-10H,2H2,1H3;1-8H,9H2;4*1-8H;3*4-5H2,1-3H3;2*3H2,1-2H3;9*1-2H3. The van der Waals surface area contributed by atoms with Crippen molar-refractivity contribution >= 4 is 64.9 Å². The summed E-state index contributed by atoms with van der Waals surface area (Å²) < 4.78 is 2.37. The first-order valence-electron chi connectivity index (χ1n) is 42.9. The first kappa shape index (κ1) is 112. The zero-order valence-corrected chi connectivity index (χ0v) is 76.6. The Morgan fingerprint density at radius 2 is 0.355 bits per heavy atom. The molecule has 0 unspecified atom stereocenters. The van der Waals surface area contributed by atoms with Gasteiger partial charge in [0.15, 0.2) is 0 Å². The summed E-state index contributed by atoms with van der Waals surface area (Å²) in [5.41, 5.74) is 8.42. The molecule has 0 bridgehead atoms. The second-order valence-corrected chi connectivity index (χ2v) is 22.5. The molecule has 1 aliphatic rings. The Hall–Kier alpha value is -8.64. The molecule has 1 heterocycles. The van der Waals surface area contributed by atoms with Crippen molar-refractivity contribution in [1.82, 2.24) is 19.3 Å². The van der Waals surface area contributed by atoms with E-state index in [1.165, 1.54) is 100.0 Å². The van der Waals surface area contributed by atoms with E-state index in [4.69, 9.17) is 0 Å². The van der Waals surface area contributed by atoms with E-state index in [9.17, 15) is 0 Å². The molecule has 4 heteroatoms. The lowest BCUT2D eigenvalue weighted by Gasteiger charge is -2.07. The third kappa shape index (κ3) is 48.1. The molecule has 0 aliphatic heterocycles. The van der Waals surface area contributed by atoms with Gasteiger partial charge in [0.1, 0.15) is 0 Å². The van der Waals surface area contributed by atoms with Crippen LogP contribution in [0.4, 0.5) is 0 Å². The summed E-state index contributed by atoms with van der Waals surface area (Å²) >= 11 is 0. The maximum Gasteiger partial charge on any atom is 0.0491 e. The van der Waals surface area contributed by atoms with Crippen LogP contribution in [0.25, 0.3) is 76.0 Å². The summed E-state index contributed by atoms with van der Waals surface area (Å²) in [5.74, 6) is 0. The van der Waals surface area contributed by atoms with Gasteiger partial charge in [-0.25, -0.2) is 0 Å². The number of aromatic nitrogens is 1. The first-order chi connectivity index (χ1) is 54.0. The molecule has 110 heavy (non-hydrogen) atoms. The van der Waals surface area contributed by atoms with Crippen LogP contribution in [0.1, 0.15) is 225 Å². The van der Waals surface area contributed by atoms with Crippen LogP contribution in [-0.2, 0) is 13.0 Å².